The molecule has 2 aromatic rings. The Morgan fingerprint density at radius 1 is 1.38 bits per heavy atom. The molecule has 1 saturated heterocycles. The fourth-order valence-corrected chi connectivity index (χ4v) is 3.64. The van der Waals surface area contributed by atoms with Gasteiger partial charge in [0.25, 0.3) is 0 Å². The van der Waals surface area contributed by atoms with E-state index in [2.05, 4.69) is 39.0 Å². The summed E-state index contributed by atoms with van der Waals surface area (Å²) in [5.41, 5.74) is 2.34. The average Bonchev–Trinajstić information content (AvgIpc) is 2.91. The van der Waals surface area contributed by atoms with Crippen molar-refractivity contribution in [1.82, 2.24) is 20.8 Å². The fourth-order valence-electron chi connectivity index (χ4n) is 3.64. The summed E-state index contributed by atoms with van der Waals surface area (Å²) in [6.45, 7) is 0.831. The second-order valence-electron chi connectivity index (χ2n) is 6.32. The summed E-state index contributed by atoms with van der Waals surface area (Å²) in [4.78, 5) is 11.7. The SMILES string of the molecule is O=C1CCC(NCc2ccc3cn[nH]c3c2)C2(CCC2)N1. The largest absolute Gasteiger partial charge is 0.349 e. The number of nitrogens with zero attached hydrogens (tertiary/aromatic N) is 1. The van der Waals surface area contributed by atoms with E-state index in [4.69, 9.17) is 0 Å². The third-order valence-corrected chi connectivity index (χ3v) is 5.02. The zero-order valence-corrected chi connectivity index (χ0v) is 12.0. The van der Waals surface area contributed by atoms with Crippen LogP contribution in [0.25, 0.3) is 10.9 Å². The minimum Gasteiger partial charge on any atom is -0.349 e. The van der Waals surface area contributed by atoms with Gasteiger partial charge in [-0.05, 0) is 37.3 Å². The van der Waals surface area contributed by atoms with Crippen LogP contribution in [-0.2, 0) is 11.3 Å². The molecule has 1 amide bonds. The highest BCUT2D eigenvalue weighted by molar-refractivity contribution is 5.79. The van der Waals surface area contributed by atoms with Gasteiger partial charge in [0.05, 0.1) is 17.3 Å². The minimum atomic E-state index is 0.0213. The van der Waals surface area contributed by atoms with Crippen LogP contribution in [0.2, 0.25) is 0 Å². The van der Waals surface area contributed by atoms with Gasteiger partial charge in [0.15, 0.2) is 0 Å². The Kier molecular flexibility index (Phi) is 2.96. The molecule has 3 N–H and O–H groups in total. The first-order valence-electron chi connectivity index (χ1n) is 7.72. The molecule has 1 atom stereocenters. The Balaban J connectivity index is 1.46. The Morgan fingerprint density at radius 3 is 3.10 bits per heavy atom. The van der Waals surface area contributed by atoms with E-state index in [1.165, 1.54) is 12.0 Å². The molecule has 4 rings (SSSR count). The molecule has 2 aliphatic rings. The van der Waals surface area contributed by atoms with Gasteiger partial charge in [-0.1, -0.05) is 12.1 Å². The quantitative estimate of drug-likeness (QED) is 0.805. The molecule has 2 fully saturated rings. The lowest BCUT2D eigenvalue weighted by Gasteiger charge is -2.51. The number of benzene rings is 1. The van der Waals surface area contributed by atoms with Gasteiger partial charge in [-0.25, -0.2) is 0 Å². The number of piperidine rings is 1. The molecule has 21 heavy (non-hydrogen) atoms. The molecule has 1 saturated carbocycles. The Labute approximate surface area is 123 Å². The normalized spacial score (nSPS) is 24.0. The van der Waals surface area contributed by atoms with E-state index in [-0.39, 0.29) is 11.4 Å². The van der Waals surface area contributed by atoms with Crippen molar-refractivity contribution in [3.05, 3.63) is 30.0 Å². The van der Waals surface area contributed by atoms with Crippen LogP contribution in [0.4, 0.5) is 0 Å². The van der Waals surface area contributed by atoms with Gasteiger partial charge < -0.3 is 10.6 Å². The Bertz CT molecular complexity index is 674. The van der Waals surface area contributed by atoms with E-state index in [1.54, 1.807) is 0 Å². The Morgan fingerprint density at radius 2 is 2.29 bits per heavy atom. The molecule has 0 bridgehead atoms. The summed E-state index contributed by atoms with van der Waals surface area (Å²) in [7, 11) is 0. The van der Waals surface area contributed by atoms with Gasteiger partial charge in [0.1, 0.15) is 0 Å². The molecule has 5 nitrogen and oxygen atoms in total. The van der Waals surface area contributed by atoms with Crippen molar-refractivity contribution in [3.8, 4) is 0 Å². The van der Waals surface area contributed by atoms with Crippen molar-refractivity contribution in [1.29, 1.82) is 0 Å². The number of hydrogen-bond acceptors (Lipinski definition) is 3. The van der Waals surface area contributed by atoms with Crippen molar-refractivity contribution >= 4 is 16.8 Å². The van der Waals surface area contributed by atoms with E-state index in [0.29, 0.717) is 12.5 Å². The maximum Gasteiger partial charge on any atom is 0.220 e. The van der Waals surface area contributed by atoms with Gasteiger partial charge in [-0.2, -0.15) is 5.10 Å². The van der Waals surface area contributed by atoms with Crippen LogP contribution in [0.1, 0.15) is 37.7 Å². The summed E-state index contributed by atoms with van der Waals surface area (Å²) < 4.78 is 0. The molecule has 1 aliphatic heterocycles. The lowest BCUT2D eigenvalue weighted by Crippen LogP contribution is -2.67. The predicted octanol–water partition coefficient (Wildman–Crippen LogP) is 1.85. The molecule has 0 radical (unpaired) electrons. The van der Waals surface area contributed by atoms with Crippen molar-refractivity contribution in [3.63, 3.8) is 0 Å². The van der Waals surface area contributed by atoms with Gasteiger partial charge in [-0.15, -0.1) is 0 Å². The zero-order chi connectivity index (χ0) is 14.3. The summed E-state index contributed by atoms with van der Waals surface area (Å²) in [5.74, 6) is 0.214. The first-order chi connectivity index (χ1) is 10.3. The standard InChI is InChI=1S/C16H20N4O/c21-15-5-4-14(16(19-15)6-1-7-16)17-9-11-2-3-12-10-18-20-13(12)8-11/h2-3,8,10,14,17H,1,4-7,9H2,(H,18,20)(H,19,21). The van der Waals surface area contributed by atoms with Crippen molar-refractivity contribution < 1.29 is 4.79 Å². The number of hydrogen-bond donors (Lipinski definition) is 3. The fraction of sp³-hybridized carbons (Fsp3) is 0.500. The molecule has 1 unspecified atom stereocenters. The minimum absolute atomic E-state index is 0.0213. The van der Waals surface area contributed by atoms with Gasteiger partial charge in [0.2, 0.25) is 5.91 Å². The number of amides is 1. The molecular formula is C16H20N4O. The van der Waals surface area contributed by atoms with Crippen LogP contribution in [0, 0.1) is 0 Å². The highest BCUT2D eigenvalue weighted by atomic mass is 16.1. The number of carbonyl (C=O) groups excluding carboxylic acids is 1. The number of aromatic nitrogens is 2. The first kappa shape index (κ1) is 12.8. The van der Waals surface area contributed by atoms with E-state index in [0.717, 1.165) is 36.7 Å². The number of aromatic amines is 1. The highest BCUT2D eigenvalue weighted by Crippen LogP contribution is 2.38. The number of carbonyl (C=O) groups is 1. The van der Waals surface area contributed by atoms with Crippen LogP contribution in [0.3, 0.4) is 0 Å². The maximum absolute atomic E-state index is 11.7. The van der Waals surface area contributed by atoms with Gasteiger partial charge >= 0.3 is 0 Å². The number of H-pyrrole nitrogens is 1. The maximum atomic E-state index is 11.7. The number of nitrogens with one attached hydrogen (secondary N) is 3. The summed E-state index contributed by atoms with van der Waals surface area (Å²) in [5, 5.41) is 15.1. The number of rotatable bonds is 3. The lowest BCUT2D eigenvalue weighted by atomic mass is 9.68. The van der Waals surface area contributed by atoms with Crippen LogP contribution < -0.4 is 10.6 Å². The zero-order valence-electron chi connectivity index (χ0n) is 12.0. The third kappa shape index (κ3) is 2.21. The summed E-state index contributed by atoms with van der Waals surface area (Å²) in [6, 6.07) is 6.77. The molecule has 110 valence electrons. The van der Waals surface area contributed by atoms with Crippen molar-refractivity contribution in [2.24, 2.45) is 0 Å². The monoisotopic (exact) mass is 284 g/mol. The summed E-state index contributed by atoms with van der Waals surface area (Å²) >= 11 is 0. The summed E-state index contributed by atoms with van der Waals surface area (Å²) in [6.07, 6.45) is 6.86. The Hall–Kier alpha value is -1.88. The van der Waals surface area contributed by atoms with Crippen LogP contribution in [-0.4, -0.2) is 27.7 Å². The second-order valence-corrected chi connectivity index (χ2v) is 6.32. The molecule has 1 aromatic carbocycles. The average molecular weight is 284 g/mol. The van der Waals surface area contributed by atoms with Gasteiger partial charge in [0, 0.05) is 24.4 Å². The predicted molar refractivity (Wildman–Crippen MR) is 80.7 cm³/mol. The van der Waals surface area contributed by atoms with E-state index in [1.807, 2.05) is 6.20 Å². The number of fused-ring (bicyclic) bond motifs is 1. The topological polar surface area (TPSA) is 69.8 Å². The smallest absolute Gasteiger partial charge is 0.220 e. The highest BCUT2D eigenvalue weighted by Gasteiger charge is 2.47. The molecule has 2 heterocycles. The third-order valence-electron chi connectivity index (χ3n) is 5.02. The molecule has 1 aromatic heterocycles. The van der Waals surface area contributed by atoms with Gasteiger partial charge in [-0.3, -0.25) is 9.89 Å². The van der Waals surface area contributed by atoms with Crippen LogP contribution in [0.15, 0.2) is 24.4 Å². The van der Waals surface area contributed by atoms with Crippen LogP contribution in [0.5, 0.6) is 0 Å². The molecule has 5 heteroatoms. The van der Waals surface area contributed by atoms with E-state index < -0.39 is 0 Å². The molecule has 1 aliphatic carbocycles. The van der Waals surface area contributed by atoms with E-state index >= 15 is 0 Å². The molecular weight excluding hydrogens is 264 g/mol. The van der Waals surface area contributed by atoms with Crippen molar-refractivity contribution in [2.75, 3.05) is 0 Å². The van der Waals surface area contributed by atoms with E-state index in [9.17, 15) is 4.79 Å². The first-order valence-corrected chi connectivity index (χ1v) is 7.72. The molecule has 1 spiro atoms. The van der Waals surface area contributed by atoms with Crippen molar-refractivity contribution in [2.45, 2.75) is 50.2 Å². The second kappa shape index (κ2) is 4.84. The van der Waals surface area contributed by atoms with Crippen LogP contribution >= 0.6 is 0 Å². The lowest BCUT2D eigenvalue weighted by molar-refractivity contribution is -0.128.